The van der Waals surface area contributed by atoms with E-state index >= 15 is 0 Å². The Bertz CT molecular complexity index is 1530. The number of fused-ring (bicyclic) bond motifs is 1. The highest BCUT2D eigenvalue weighted by Crippen LogP contribution is 2.41. The number of benzene rings is 4. The largest absolute Gasteiger partial charge is 0.496 e. The quantitative estimate of drug-likeness (QED) is 0.302. The van der Waals surface area contributed by atoms with Crippen LogP contribution in [0.4, 0.5) is 5.69 Å². The molecule has 40 heavy (non-hydrogen) atoms. The van der Waals surface area contributed by atoms with Gasteiger partial charge in [0.2, 0.25) is 0 Å². The molecule has 0 unspecified atom stereocenters. The van der Waals surface area contributed by atoms with Crippen molar-refractivity contribution in [3.63, 3.8) is 0 Å². The molecule has 9 nitrogen and oxygen atoms in total. The van der Waals surface area contributed by atoms with Crippen LogP contribution in [0.3, 0.4) is 0 Å². The molecule has 0 bridgehead atoms. The zero-order chi connectivity index (χ0) is 28.1. The summed E-state index contributed by atoms with van der Waals surface area (Å²) >= 11 is 0. The second-order valence-electron chi connectivity index (χ2n) is 8.93. The van der Waals surface area contributed by atoms with Crippen molar-refractivity contribution in [3.8, 4) is 23.0 Å². The monoisotopic (exact) mass is 539 g/mol. The summed E-state index contributed by atoms with van der Waals surface area (Å²) in [5.74, 6) is 0.827. The van der Waals surface area contributed by atoms with Gasteiger partial charge in [0, 0.05) is 17.3 Å². The Morgan fingerprint density at radius 1 is 0.800 bits per heavy atom. The van der Waals surface area contributed by atoms with Gasteiger partial charge in [-0.2, -0.15) is 0 Å². The normalized spacial score (nSPS) is 14.0. The van der Waals surface area contributed by atoms with E-state index in [0.717, 1.165) is 5.56 Å². The van der Waals surface area contributed by atoms with Crippen LogP contribution < -0.4 is 29.7 Å². The van der Waals surface area contributed by atoms with Gasteiger partial charge in [-0.05, 0) is 35.9 Å². The SMILES string of the molecule is COc1cc(OC)c([C@@H]2Nc3ccccc3C(=O)N2NC(=O)c2ccccc2OCc2ccccc2)cc1OC. The lowest BCUT2D eigenvalue weighted by molar-refractivity contribution is 0.0486. The zero-order valence-corrected chi connectivity index (χ0v) is 22.3. The van der Waals surface area contributed by atoms with E-state index in [2.05, 4.69) is 10.7 Å². The van der Waals surface area contributed by atoms with Gasteiger partial charge < -0.3 is 24.3 Å². The van der Waals surface area contributed by atoms with Crippen LogP contribution in [0, 0.1) is 0 Å². The lowest BCUT2D eigenvalue weighted by atomic mass is 10.0. The first kappa shape index (κ1) is 26.4. The molecule has 9 heteroatoms. The summed E-state index contributed by atoms with van der Waals surface area (Å²) in [7, 11) is 4.57. The highest BCUT2D eigenvalue weighted by molar-refractivity contribution is 6.04. The Morgan fingerprint density at radius 3 is 2.20 bits per heavy atom. The number of hydrogen-bond donors (Lipinski definition) is 2. The van der Waals surface area contributed by atoms with Crippen LogP contribution in [0.25, 0.3) is 0 Å². The molecule has 1 heterocycles. The number of carbonyl (C=O) groups is 2. The molecule has 4 aromatic carbocycles. The topological polar surface area (TPSA) is 98.4 Å². The minimum absolute atomic E-state index is 0.281. The molecule has 0 fully saturated rings. The van der Waals surface area contributed by atoms with Gasteiger partial charge in [0.1, 0.15) is 18.1 Å². The third-order valence-corrected chi connectivity index (χ3v) is 6.55. The number of para-hydroxylation sites is 2. The number of anilines is 1. The number of hydrogen-bond acceptors (Lipinski definition) is 7. The van der Waals surface area contributed by atoms with Gasteiger partial charge in [-0.15, -0.1) is 0 Å². The van der Waals surface area contributed by atoms with E-state index in [1.165, 1.54) is 26.3 Å². The fraction of sp³-hybridized carbons (Fsp3) is 0.161. The number of nitrogens with one attached hydrogen (secondary N) is 2. The minimum atomic E-state index is -0.835. The maximum Gasteiger partial charge on any atom is 0.276 e. The third kappa shape index (κ3) is 5.22. The zero-order valence-electron chi connectivity index (χ0n) is 22.3. The standard InChI is InChI=1S/C31H29N3O6/c1-37-26-18-28(39-3)27(38-2)17-23(26)29-32-24-15-9-7-13-21(24)31(36)34(29)33-30(35)22-14-8-10-16-25(22)40-19-20-11-5-4-6-12-20/h4-18,29,32H,19H2,1-3H3,(H,33,35)/t29-/m1/s1. The second kappa shape index (κ2) is 11.7. The number of ether oxygens (including phenoxy) is 4. The van der Waals surface area contributed by atoms with Crippen molar-refractivity contribution in [3.05, 3.63) is 113 Å². The summed E-state index contributed by atoms with van der Waals surface area (Å²) in [6, 6.07) is 27.1. The summed E-state index contributed by atoms with van der Waals surface area (Å²) in [6.07, 6.45) is -0.835. The molecule has 2 N–H and O–H groups in total. The van der Waals surface area contributed by atoms with Crippen molar-refractivity contribution in [2.75, 3.05) is 26.6 Å². The number of rotatable bonds is 9. The van der Waals surface area contributed by atoms with Gasteiger partial charge >= 0.3 is 0 Å². The Kier molecular flexibility index (Phi) is 7.72. The summed E-state index contributed by atoms with van der Waals surface area (Å²) in [6.45, 7) is 0.286. The summed E-state index contributed by atoms with van der Waals surface area (Å²) in [5.41, 5.74) is 5.63. The van der Waals surface area contributed by atoms with Crippen LogP contribution in [0.5, 0.6) is 23.0 Å². The van der Waals surface area contributed by atoms with E-state index in [1.54, 1.807) is 54.6 Å². The van der Waals surface area contributed by atoms with E-state index in [1.807, 2.05) is 36.4 Å². The number of methoxy groups -OCH3 is 3. The molecule has 0 saturated heterocycles. The number of hydrazine groups is 1. The third-order valence-electron chi connectivity index (χ3n) is 6.55. The molecular formula is C31H29N3O6. The predicted molar refractivity (Wildman–Crippen MR) is 150 cm³/mol. The van der Waals surface area contributed by atoms with Crippen LogP contribution >= 0.6 is 0 Å². The summed E-state index contributed by atoms with van der Waals surface area (Å²) in [4.78, 5) is 27.5. The molecule has 0 aromatic heterocycles. The molecule has 0 aliphatic carbocycles. The highest BCUT2D eigenvalue weighted by Gasteiger charge is 2.37. The van der Waals surface area contributed by atoms with E-state index in [9.17, 15) is 9.59 Å². The molecule has 1 atom stereocenters. The van der Waals surface area contributed by atoms with Gasteiger partial charge in [-0.25, -0.2) is 5.01 Å². The van der Waals surface area contributed by atoms with Crippen molar-refractivity contribution in [2.45, 2.75) is 12.8 Å². The fourth-order valence-corrected chi connectivity index (χ4v) is 4.54. The Hall–Kier alpha value is -5.18. The first-order valence-electron chi connectivity index (χ1n) is 12.6. The first-order chi connectivity index (χ1) is 19.5. The minimum Gasteiger partial charge on any atom is -0.496 e. The van der Waals surface area contributed by atoms with Crippen molar-refractivity contribution in [1.29, 1.82) is 0 Å². The Morgan fingerprint density at radius 2 is 1.45 bits per heavy atom. The molecular weight excluding hydrogens is 510 g/mol. The average molecular weight is 540 g/mol. The maximum atomic E-state index is 13.8. The molecule has 0 spiro atoms. The van der Waals surface area contributed by atoms with E-state index in [0.29, 0.717) is 39.8 Å². The van der Waals surface area contributed by atoms with Gasteiger partial charge in [0.05, 0.1) is 32.5 Å². The van der Waals surface area contributed by atoms with E-state index < -0.39 is 18.0 Å². The van der Waals surface area contributed by atoms with Crippen LogP contribution in [0.2, 0.25) is 0 Å². The molecule has 1 aliphatic heterocycles. The van der Waals surface area contributed by atoms with Crippen LogP contribution in [0.15, 0.2) is 91.0 Å². The summed E-state index contributed by atoms with van der Waals surface area (Å²) < 4.78 is 22.6. The molecule has 0 radical (unpaired) electrons. The van der Waals surface area contributed by atoms with Gasteiger partial charge in [-0.1, -0.05) is 54.6 Å². The number of amides is 2. The number of nitrogens with zero attached hydrogens (tertiary/aromatic N) is 1. The van der Waals surface area contributed by atoms with Gasteiger partial charge in [-0.3, -0.25) is 15.0 Å². The van der Waals surface area contributed by atoms with Crippen molar-refractivity contribution < 1.29 is 28.5 Å². The highest BCUT2D eigenvalue weighted by atomic mass is 16.5. The van der Waals surface area contributed by atoms with Crippen molar-refractivity contribution in [2.24, 2.45) is 0 Å². The average Bonchev–Trinajstić information content (AvgIpc) is 3.01. The predicted octanol–water partition coefficient (Wildman–Crippen LogP) is 5.20. The van der Waals surface area contributed by atoms with E-state index in [-0.39, 0.29) is 12.2 Å². The molecule has 2 amide bonds. The lowest BCUT2D eigenvalue weighted by Gasteiger charge is -2.38. The van der Waals surface area contributed by atoms with Crippen LogP contribution in [0.1, 0.15) is 38.0 Å². The Labute approximate surface area is 232 Å². The second-order valence-corrected chi connectivity index (χ2v) is 8.93. The maximum absolute atomic E-state index is 13.8. The molecule has 204 valence electrons. The van der Waals surface area contributed by atoms with Gasteiger partial charge in [0.15, 0.2) is 17.7 Å². The van der Waals surface area contributed by atoms with Crippen LogP contribution in [-0.2, 0) is 6.61 Å². The van der Waals surface area contributed by atoms with E-state index in [4.69, 9.17) is 18.9 Å². The van der Waals surface area contributed by atoms with Crippen LogP contribution in [-0.4, -0.2) is 38.2 Å². The van der Waals surface area contributed by atoms with Crippen molar-refractivity contribution >= 4 is 17.5 Å². The lowest BCUT2D eigenvalue weighted by Crippen LogP contribution is -2.53. The van der Waals surface area contributed by atoms with Gasteiger partial charge in [0.25, 0.3) is 11.8 Å². The number of carbonyl (C=O) groups excluding carboxylic acids is 2. The summed E-state index contributed by atoms with van der Waals surface area (Å²) in [5, 5.41) is 4.61. The fourth-order valence-electron chi connectivity index (χ4n) is 4.54. The molecule has 4 aromatic rings. The van der Waals surface area contributed by atoms with Crippen molar-refractivity contribution in [1.82, 2.24) is 10.4 Å². The molecule has 5 rings (SSSR count). The molecule has 0 saturated carbocycles. The smallest absolute Gasteiger partial charge is 0.276 e. The molecule has 1 aliphatic rings. The Balaban J connectivity index is 1.50. The first-order valence-corrected chi connectivity index (χ1v) is 12.6.